The monoisotopic (exact) mass is 414 g/mol. The first-order chi connectivity index (χ1) is 13.2. The molecule has 0 saturated heterocycles. The highest BCUT2D eigenvalue weighted by Gasteiger charge is 2.23. The molecule has 1 aliphatic rings. The molecule has 1 aromatic rings. The van der Waals surface area contributed by atoms with Gasteiger partial charge in [-0.15, -0.1) is 0 Å². The highest BCUT2D eigenvalue weighted by Crippen LogP contribution is 2.32. The number of fused-ring (bicyclic) bond motifs is 1. The molecule has 11 heteroatoms. The van der Waals surface area contributed by atoms with Crippen LogP contribution in [0.5, 0.6) is 11.5 Å². The molecule has 1 heterocycles. The summed E-state index contributed by atoms with van der Waals surface area (Å²) in [7, 11) is -3.77. The molecule has 2 N–H and O–H groups in total. The molecule has 0 radical (unpaired) electrons. The van der Waals surface area contributed by atoms with Gasteiger partial charge in [0.1, 0.15) is 13.2 Å². The molecule has 0 aromatic heterocycles. The third-order valence-electron chi connectivity index (χ3n) is 3.70. The number of ether oxygens (including phenoxy) is 3. The Morgan fingerprint density at radius 1 is 1.18 bits per heavy atom. The van der Waals surface area contributed by atoms with Gasteiger partial charge in [0.05, 0.1) is 17.1 Å². The van der Waals surface area contributed by atoms with Crippen molar-refractivity contribution in [3.63, 3.8) is 0 Å². The van der Waals surface area contributed by atoms with Crippen molar-refractivity contribution in [1.82, 2.24) is 10.6 Å². The predicted molar refractivity (Wildman–Crippen MR) is 96.9 cm³/mol. The maximum absolute atomic E-state index is 12.4. The summed E-state index contributed by atoms with van der Waals surface area (Å²) in [6.07, 6.45) is -1.69. The van der Waals surface area contributed by atoms with Crippen molar-refractivity contribution in [2.45, 2.75) is 31.3 Å². The van der Waals surface area contributed by atoms with Crippen LogP contribution in [0, 0.1) is 0 Å². The standard InChI is InChI=1S/C17H22N2O8S/c1-3-18-17(22)19-16(21)11(2)27-15(20)6-9-28(23,24)12-4-5-13-14(10-12)26-8-7-25-13/h4-5,10-11H,3,6-9H2,1-2H3,(H2,18,19,21,22). The zero-order valence-corrected chi connectivity index (χ0v) is 16.3. The number of carbonyl (C=O) groups excluding carboxylic acids is 3. The molecular weight excluding hydrogens is 392 g/mol. The molecule has 0 fully saturated rings. The van der Waals surface area contributed by atoms with Crippen LogP contribution in [0.4, 0.5) is 4.79 Å². The number of esters is 1. The van der Waals surface area contributed by atoms with Crippen LogP contribution < -0.4 is 20.1 Å². The van der Waals surface area contributed by atoms with E-state index in [-0.39, 0.29) is 4.90 Å². The lowest BCUT2D eigenvalue weighted by Gasteiger charge is -2.18. The highest BCUT2D eigenvalue weighted by molar-refractivity contribution is 7.91. The zero-order chi connectivity index (χ0) is 20.7. The van der Waals surface area contributed by atoms with Crippen LogP contribution in [0.15, 0.2) is 23.1 Å². The lowest BCUT2D eigenvalue weighted by atomic mass is 10.3. The lowest BCUT2D eigenvalue weighted by molar-refractivity contribution is -0.154. The number of amides is 3. The van der Waals surface area contributed by atoms with Gasteiger partial charge in [-0.05, 0) is 26.0 Å². The second-order valence-electron chi connectivity index (χ2n) is 5.86. The van der Waals surface area contributed by atoms with Crippen LogP contribution in [0.1, 0.15) is 20.3 Å². The summed E-state index contributed by atoms with van der Waals surface area (Å²) >= 11 is 0. The molecule has 0 spiro atoms. The van der Waals surface area contributed by atoms with Crippen molar-refractivity contribution in [3.8, 4) is 11.5 Å². The summed E-state index contributed by atoms with van der Waals surface area (Å²) in [5, 5.41) is 4.36. The van der Waals surface area contributed by atoms with E-state index in [1.165, 1.54) is 25.1 Å². The fraction of sp³-hybridized carbons (Fsp3) is 0.471. The summed E-state index contributed by atoms with van der Waals surface area (Å²) in [6, 6.07) is 3.50. The number of benzene rings is 1. The Labute approximate surface area is 162 Å². The first-order valence-electron chi connectivity index (χ1n) is 8.63. The van der Waals surface area contributed by atoms with E-state index in [2.05, 4.69) is 5.32 Å². The molecule has 0 saturated carbocycles. The molecule has 1 aliphatic heterocycles. The van der Waals surface area contributed by atoms with Crippen molar-refractivity contribution in [2.75, 3.05) is 25.5 Å². The minimum Gasteiger partial charge on any atom is -0.486 e. The third-order valence-corrected chi connectivity index (χ3v) is 5.41. The number of hydrogen-bond acceptors (Lipinski definition) is 8. The van der Waals surface area contributed by atoms with Crippen LogP contribution in [0.3, 0.4) is 0 Å². The largest absolute Gasteiger partial charge is 0.486 e. The predicted octanol–water partition coefficient (Wildman–Crippen LogP) is 0.399. The third kappa shape index (κ3) is 5.84. The molecule has 10 nitrogen and oxygen atoms in total. The topological polar surface area (TPSA) is 137 Å². The number of urea groups is 1. The minimum absolute atomic E-state index is 0.00780. The van der Waals surface area contributed by atoms with Gasteiger partial charge in [0.2, 0.25) is 0 Å². The number of sulfone groups is 1. The van der Waals surface area contributed by atoms with Crippen LogP contribution >= 0.6 is 0 Å². The van der Waals surface area contributed by atoms with E-state index < -0.39 is 46.0 Å². The molecule has 2 rings (SSSR count). The smallest absolute Gasteiger partial charge is 0.321 e. The summed E-state index contributed by atoms with van der Waals surface area (Å²) in [4.78, 5) is 34.9. The zero-order valence-electron chi connectivity index (χ0n) is 15.5. The van der Waals surface area contributed by atoms with E-state index in [4.69, 9.17) is 14.2 Å². The summed E-state index contributed by atoms with van der Waals surface area (Å²) in [6.45, 7) is 3.98. The van der Waals surface area contributed by atoms with Gasteiger partial charge in [0, 0.05) is 12.6 Å². The average Bonchev–Trinajstić information content (AvgIpc) is 2.66. The van der Waals surface area contributed by atoms with Crippen molar-refractivity contribution in [2.24, 2.45) is 0 Å². The van der Waals surface area contributed by atoms with E-state index in [0.29, 0.717) is 31.3 Å². The lowest BCUT2D eigenvalue weighted by Crippen LogP contribution is -2.44. The number of rotatable bonds is 7. The van der Waals surface area contributed by atoms with E-state index in [9.17, 15) is 22.8 Å². The van der Waals surface area contributed by atoms with Crippen molar-refractivity contribution >= 4 is 27.7 Å². The Hall–Kier alpha value is -2.82. The van der Waals surface area contributed by atoms with Gasteiger partial charge in [-0.2, -0.15) is 0 Å². The summed E-state index contributed by atoms with van der Waals surface area (Å²) < 4.78 is 40.4. The number of nitrogens with one attached hydrogen (secondary N) is 2. The number of hydrogen-bond donors (Lipinski definition) is 2. The van der Waals surface area contributed by atoms with Gasteiger partial charge in [-0.3, -0.25) is 14.9 Å². The van der Waals surface area contributed by atoms with Crippen molar-refractivity contribution in [3.05, 3.63) is 18.2 Å². The Bertz CT molecular complexity index is 853. The minimum atomic E-state index is -3.77. The highest BCUT2D eigenvalue weighted by atomic mass is 32.2. The molecular formula is C17H22N2O8S. The first kappa shape index (κ1) is 21.5. The molecule has 1 atom stereocenters. The second-order valence-corrected chi connectivity index (χ2v) is 7.96. The van der Waals surface area contributed by atoms with Crippen LogP contribution in [-0.4, -0.2) is 57.9 Å². The molecule has 0 bridgehead atoms. The van der Waals surface area contributed by atoms with Gasteiger partial charge in [-0.25, -0.2) is 13.2 Å². The number of imide groups is 1. The van der Waals surface area contributed by atoms with Crippen molar-refractivity contribution in [1.29, 1.82) is 0 Å². The van der Waals surface area contributed by atoms with Gasteiger partial charge in [-0.1, -0.05) is 0 Å². The molecule has 0 aliphatic carbocycles. The van der Waals surface area contributed by atoms with Gasteiger partial charge in [0.25, 0.3) is 5.91 Å². The van der Waals surface area contributed by atoms with Crippen LogP contribution in [0.25, 0.3) is 0 Å². The summed E-state index contributed by atoms with van der Waals surface area (Å²) in [5.41, 5.74) is 0. The van der Waals surface area contributed by atoms with Gasteiger partial charge < -0.3 is 19.5 Å². The van der Waals surface area contributed by atoms with Crippen LogP contribution in [0.2, 0.25) is 0 Å². The van der Waals surface area contributed by atoms with E-state index in [0.717, 1.165) is 0 Å². The maximum atomic E-state index is 12.4. The Balaban J connectivity index is 1.89. The Morgan fingerprint density at radius 2 is 1.86 bits per heavy atom. The molecule has 3 amide bonds. The first-order valence-corrected chi connectivity index (χ1v) is 10.3. The molecule has 154 valence electrons. The Kier molecular flexibility index (Phi) is 7.21. The maximum Gasteiger partial charge on any atom is 0.321 e. The quantitative estimate of drug-likeness (QED) is 0.612. The average molecular weight is 414 g/mol. The van der Waals surface area contributed by atoms with E-state index in [1.54, 1.807) is 6.92 Å². The number of carbonyl (C=O) groups is 3. The SMILES string of the molecule is CCNC(=O)NC(=O)C(C)OC(=O)CCS(=O)(=O)c1ccc2c(c1)OCCO2. The van der Waals surface area contributed by atoms with E-state index in [1.807, 2.05) is 5.32 Å². The fourth-order valence-corrected chi connectivity index (χ4v) is 3.51. The molecule has 28 heavy (non-hydrogen) atoms. The molecule has 1 unspecified atom stereocenters. The Morgan fingerprint density at radius 3 is 2.54 bits per heavy atom. The van der Waals surface area contributed by atoms with Crippen molar-refractivity contribution < 1.29 is 37.0 Å². The summed E-state index contributed by atoms with van der Waals surface area (Å²) in [5.74, 6) is -1.41. The normalized spacial score (nSPS) is 13.9. The van der Waals surface area contributed by atoms with Gasteiger partial charge in [0.15, 0.2) is 27.4 Å². The fourth-order valence-electron chi connectivity index (χ4n) is 2.28. The molecule has 1 aromatic carbocycles. The van der Waals surface area contributed by atoms with Gasteiger partial charge >= 0.3 is 12.0 Å². The van der Waals surface area contributed by atoms with E-state index >= 15 is 0 Å². The van der Waals surface area contributed by atoms with Crippen LogP contribution in [-0.2, 0) is 24.2 Å². The second kappa shape index (κ2) is 9.40.